The van der Waals surface area contributed by atoms with Crippen molar-refractivity contribution in [3.8, 4) is 11.5 Å². The largest absolute Gasteiger partial charge is 0.504 e. The van der Waals surface area contributed by atoms with Crippen molar-refractivity contribution in [1.29, 1.82) is 0 Å². The fraction of sp³-hybridized carbons (Fsp3) is 0.478. The number of hydrogen-bond donors (Lipinski definition) is 2. The summed E-state index contributed by atoms with van der Waals surface area (Å²) in [6, 6.07) is 5.01. The van der Waals surface area contributed by atoms with E-state index in [2.05, 4.69) is 12.2 Å². The second-order valence-corrected chi connectivity index (χ2v) is 8.65. The lowest BCUT2D eigenvalue weighted by Gasteiger charge is -2.34. The van der Waals surface area contributed by atoms with E-state index in [-0.39, 0.29) is 11.5 Å². The molecule has 3 rings (SSSR count). The highest BCUT2D eigenvalue weighted by Crippen LogP contribution is 2.44. The minimum atomic E-state index is -0.541. The average molecular weight is 432 g/mol. The summed E-state index contributed by atoms with van der Waals surface area (Å²) < 4.78 is 11.1. The number of nitrogens with one attached hydrogen (secondary N) is 1. The van der Waals surface area contributed by atoms with E-state index in [9.17, 15) is 14.7 Å². The fourth-order valence-electron chi connectivity index (χ4n) is 3.98. The Morgan fingerprint density at radius 1 is 1.30 bits per heavy atom. The minimum Gasteiger partial charge on any atom is -0.504 e. The Morgan fingerprint density at radius 3 is 2.83 bits per heavy atom. The van der Waals surface area contributed by atoms with Crippen molar-refractivity contribution < 1.29 is 24.2 Å². The summed E-state index contributed by atoms with van der Waals surface area (Å²) >= 11 is 1.71. The van der Waals surface area contributed by atoms with Gasteiger partial charge in [0.2, 0.25) is 0 Å². The number of phenolic OH excluding ortho intramolecular Hbond substituents is 1. The molecular weight excluding hydrogens is 402 g/mol. The first kappa shape index (κ1) is 22.3. The van der Waals surface area contributed by atoms with E-state index in [4.69, 9.17) is 9.47 Å². The van der Waals surface area contributed by atoms with Crippen LogP contribution in [-0.2, 0) is 14.3 Å². The molecule has 1 atom stereocenters. The second-order valence-electron chi connectivity index (χ2n) is 7.26. The van der Waals surface area contributed by atoms with E-state index in [1.165, 1.54) is 0 Å². The first-order valence-electron chi connectivity index (χ1n) is 10.4. The zero-order valence-corrected chi connectivity index (χ0v) is 18.6. The number of phenols is 1. The molecular formula is C23H29NO5S. The SMILES string of the molecule is CCOc1cc([C@H]2C(C(=O)OCCSCC)=C(C)NC3=C2C(=O)CCC3)ccc1O. The smallest absolute Gasteiger partial charge is 0.336 e. The number of thioether (sulfide) groups is 1. The van der Waals surface area contributed by atoms with Crippen LogP contribution in [0.1, 0.15) is 51.5 Å². The van der Waals surface area contributed by atoms with Gasteiger partial charge in [-0.3, -0.25) is 4.79 Å². The fourth-order valence-corrected chi connectivity index (χ4v) is 4.47. The molecule has 30 heavy (non-hydrogen) atoms. The second kappa shape index (κ2) is 10.1. The summed E-state index contributed by atoms with van der Waals surface area (Å²) in [4.78, 5) is 26.0. The summed E-state index contributed by atoms with van der Waals surface area (Å²) in [6.07, 6.45) is 2.02. The van der Waals surface area contributed by atoms with Crippen molar-refractivity contribution in [1.82, 2.24) is 5.32 Å². The quantitative estimate of drug-likeness (QED) is 0.474. The zero-order chi connectivity index (χ0) is 21.7. The van der Waals surface area contributed by atoms with E-state index < -0.39 is 11.9 Å². The molecule has 162 valence electrons. The van der Waals surface area contributed by atoms with Gasteiger partial charge in [0.05, 0.1) is 12.2 Å². The maximum Gasteiger partial charge on any atom is 0.336 e. The van der Waals surface area contributed by atoms with Gasteiger partial charge in [-0.05, 0) is 50.1 Å². The third-order valence-corrected chi connectivity index (χ3v) is 6.14. The van der Waals surface area contributed by atoms with Crippen molar-refractivity contribution in [2.45, 2.75) is 46.0 Å². The Balaban J connectivity index is 2.03. The van der Waals surface area contributed by atoms with Gasteiger partial charge in [0.1, 0.15) is 6.61 Å². The Labute approximate surface area is 181 Å². The number of aromatic hydroxyl groups is 1. The van der Waals surface area contributed by atoms with Gasteiger partial charge >= 0.3 is 5.97 Å². The van der Waals surface area contributed by atoms with Crippen LogP contribution in [0.25, 0.3) is 0 Å². The molecule has 1 aliphatic carbocycles. The molecule has 0 bridgehead atoms. The van der Waals surface area contributed by atoms with Crippen LogP contribution in [0, 0.1) is 0 Å². The summed E-state index contributed by atoms with van der Waals surface area (Å²) in [7, 11) is 0. The molecule has 0 unspecified atom stereocenters. The van der Waals surface area contributed by atoms with Crippen LogP contribution in [0.15, 0.2) is 40.7 Å². The highest BCUT2D eigenvalue weighted by Gasteiger charge is 2.39. The maximum atomic E-state index is 13.1. The molecule has 7 heteroatoms. The molecule has 0 amide bonds. The summed E-state index contributed by atoms with van der Waals surface area (Å²) in [5, 5.41) is 13.4. The van der Waals surface area contributed by atoms with Crippen LogP contribution < -0.4 is 10.1 Å². The summed E-state index contributed by atoms with van der Waals surface area (Å²) in [6.45, 7) is 6.46. The molecule has 1 aliphatic heterocycles. The van der Waals surface area contributed by atoms with E-state index in [0.29, 0.717) is 42.2 Å². The van der Waals surface area contributed by atoms with Gasteiger partial charge in [0.15, 0.2) is 17.3 Å². The minimum absolute atomic E-state index is 0.0279. The van der Waals surface area contributed by atoms with Gasteiger partial charge in [0, 0.05) is 35.1 Å². The van der Waals surface area contributed by atoms with Crippen LogP contribution in [0.5, 0.6) is 11.5 Å². The third kappa shape index (κ3) is 4.67. The van der Waals surface area contributed by atoms with Gasteiger partial charge in [-0.25, -0.2) is 4.79 Å². The number of rotatable bonds is 8. The Bertz CT molecular complexity index is 890. The standard InChI is InChI=1S/C23H29NO5S/c1-4-28-19-13-15(9-10-17(19)25)21-20(23(27)29-11-12-30-5-2)14(3)24-16-7-6-8-18(26)22(16)21/h9-10,13,21,24-25H,4-8,11-12H2,1-3H3/t21-/m0/s1. The lowest BCUT2D eigenvalue weighted by molar-refractivity contribution is -0.138. The van der Waals surface area contributed by atoms with Gasteiger partial charge in [-0.15, -0.1) is 0 Å². The summed E-state index contributed by atoms with van der Waals surface area (Å²) in [5.74, 6) is 1.13. The van der Waals surface area contributed by atoms with Gasteiger partial charge in [0.25, 0.3) is 0 Å². The Hall–Kier alpha value is -2.41. The topological polar surface area (TPSA) is 84.9 Å². The number of hydrogen-bond acceptors (Lipinski definition) is 7. The van der Waals surface area contributed by atoms with E-state index in [0.717, 1.165) is 35.6 Å². The molecule has 0 aromatic heterocycles. The lowest BCUT2D eigenvalue weighted by Crippen LogP contribution is -2.34. The predicted molar refractivity (Wildman–Crippen MR) is 118 cm³/mol. The summed E-state index contributed by atoms with van der Waals surface area (Å²) in [5.41, 5.74) is 3.37. The van der Waals surface area contributed by atoms with E-state index >= 15 is 0 Å². The van der Waals surface area contributed by atoms with Gasteiger partial charge in [-0.1, -0.05) is 13.0 Å². The van der Waals surface area contributed by atoms with Crippen molar-refractivity contribution in [3.63, 3.8) is 0 Å². The number of allylic oxidation sites excluding steroid dienone is 3. The molecule has 0 saturated heterocycles. The molecule has 2 aliphatic rings. The van der Waals surface area contributed by atoms with E-state index in [1.54, 1.807) is 30.0 Å². The highest BCUT2D eigenvalue weighted by molar-refractivity contribution is 7.99. The number of carbonyl (C=O) groups excluding carboxylic acids is 2. The van der Waals surface area contributed by atoms with Crippen LogP contribution in [-0.4, -0.2) is 41.6 Å². The lowest BCUT2D eigenvalue weighted by atomic mass is 9.75. The number of esters is 1. The first-order valence-corrected chi connectivity index (χ1v) is 11.6. The highest BCUT2D eigenvalue weighted by atomic mass is 32.2. The molecule has 0 fully saturated rings. The van der Waals surface area contributed by atoms with Crippen molar-refractivity contribution in [3.05, 3.63) is 46.3 Å². The number of benzene rings is 1. The molecule has 6 nitrogen and oxygen atoms in total. The molecule has 2 N–H and O–H groups in total. The monoisotopic (exact) mass is 431 g/mol. The molecule has 0 spiro atoms. The molecule has 0 saturated carbocycles. The average Bonchev–Trinajstić information content (AvgIpc) is 2.72. The van der Waals surface area contributed by atoms with Gasteiger partial charge < -0.3 is 19.9 Å². The first-order chi connectivity index (χ1) is 14.5. The van der Waals surface area contributed by atoms with E-state index in [1.807, 2.05) is 13.8 Å². The number of ether oxygens (including phenoxy) is 2. The number of dihydropyridines is 1. The Kier molecular flexibility index (Phi) is 7.48. The van der Waals surface area contributed by atoms with Crippen LogP contribution in [0.3, 0.4) is 0 Å². The van der Waals surface area contributed by atoms with Crippen molar-refractivity contribution in [2.75, 3.05) is 24.7 Å². The normalized spacial score (nSPS) is 18.8. The van der Waals surface area contributed by atoms with Gasteiger partial charge in [-0.2, -0.15) is 11.8 Å². The number of carbonyl (C=O) groups is 2. The molecule has 1 aromatic carbocycles. The maximum absolute atomic E-state index is 13.1. The molecule has 1 aromatic rings. The van der Waals surface area contributed by atoms with Crippen LogP contribution in [0.2, 0.25) is 0 Å². The predicted octanol–water partition coefficient (Wildman–Crippen LogP) is 4.06. The Morgan fingerprint density at radius 2 is 2.10 bits per heavy atom. The van der Waals surface area contributed by atoms with Crippen LogP contribution in [0.4, 0.5) is 0 Å². The van der Waals surface area contributed by atoms with Crippen molar-refractivity contribution in [2.24, 2.45) is 0 Å². The zero-order valence-electron chi connectivity index (χ0n) is 17.7. The number of ketones is 1. The van der Waals surface area contributed by atoms with Crippen LogP contribution >= 0.6 is 11.8 Å². The third-order valence-electron chi connectivity index (χ3n) is 5.28. The van der Waals surface area contributed by atoms with Crippen molar-refractivity contribution >= 4 is 23.5 Å². The molecule has 1 heterocycles. The number of Topliss-reactive ketones (excluding diaryl/α,β-unsaturated/α-hetero) is 1. The molecule has 0 radical (unpaired) electrons.